The number of rotatable bonds is 4. The predicted molar refractivity (Wildman–Crippen MR) is 57.4 cm³/mol. The van der Waals surface area contributed by atoms with Gasteiger partial charge in [0.2, 0.25) is 0 Å². The van der Waals surface area contributed by atoms with E-state index in [9.17, 15) is 4.39 Å². The van der Waals surface area contributed by atoms with Gasteiger partial charge in [0.1, 0.15) is 5.82 Å². The first-order valence-electron chi connectivity index (χ1n) is 4.93. The van der Waals surface area contributed by atoms with E-state index in [4.69, 9.17) is 5.73 Å². The van der Waals surface area contributed by atoms with Crippen molar-refractivity contribution in [2.45, 2.75) is 20.4 Å². The quantitative estimate of drug-likeness (QED) is 0.748. The van der Waals surface area contributed by atoms with Crippen molar-refractivity contribution in [3.63, 3.8) is 0 Å². The van der Waals surface area contributed by atoms with E-state index in [-0.39, 0.29) is 5.82 Å². The maximum Gasteiger partial charge on any atom is 0.125 e. The Morgan fingerprint density at radius 3 is 2.36 bits per heavy atom. The molecule has 78 valence electrons. The van der Waals surface area contributed by atoms with E-state index in [2.05, 4.69) is 18.7 Å². The van der Waals surface area contributed by atoms with E-state index in [1.54, 1.807) is 0 Å². The van der Waals surface area contributed by atoms with Crippen LogP contribution in [0.4, 0.5) is 10.1 Å². The number of nitrogen functional groups attached to an aromatic ring is 1. The zero-order valence-electron chi connectivity index (χ0n) is 8.76. The summed E-state index contributed by atoms with van der Waals surface area (Å²) in [4.78, 5) is 2.22. The first kappa shape index (κ1) is 11.0. The van der Waals surface area contributed by atoms with Gasteiger partial charge in [-0.15, -0.1) is 0 Å². The van der Waals surface area contributed by atoms with E-state index < -0.39 is 0 Å². The van der Waals surface area contributed by atoms with Gasteiger partial charge in [-0.1, -0.05) is 13.8 Å². The summed E-state index contributed by atoms with van der Waals surface area (Å²) in [6.45, 7) is 6.87. The molecule has 0 aliphatic carbocycles. The van der Waals surface area contributed by atoms with Gasteiger partial charge in [0.25, 0.3) is 0 Å². The highest BCUT2D eigenvalue weighted by atomic mass is 19.1. The van der Waals surface area contributed by atoms with Crippen LogP contribution < -0.4 is 5.73 Å². The molecule has 0 radical (unpaired) electrons. The normalized spacial score (nSPS) is 10.9. The minimum absolute atomic E-state index is 0.257. The number of anilines is 1. The van der Waals surface area contributed by atoms with Crippen molar-refractivity contribution < 1.29 is 4.39 Å². The minimum Gasteiger partial charge on any atom is -0.399 e. The van der Waals surface area contributed by atoms with Gasteiger partial charge in [-0.3, -0.25) is 4.90 Å². The molecule has 2 N–H and O–H groups in total. The molecule has 3 heteroatoms. The van der Waals surface area contributed by atoms with Crippen molar-refractivity contribution in [1.82, 2.24) is 4.90 Å². The Labute approximate surface area is 84.5 Å². The standard InChI is InChI=1S/C11H17FN2/c1-3-14(4-2)8-9-5-10(12)7-11(13)6-9/h5-7H,3-4,8,13H2,1-2H3. The molecule has 14 heavy (non-hydrogen) atoms. The minimum atomic E-state index is -0.257. The Morgan fingerprint density at radius 1 is 1.21 bits per heavy atom. The SMILES string of the molecule is CCN(CC)Cc1cc(N)cc(F)c1. The number of benzene rings is 1. The smallest absolute Gasteiger partial charge is 0.125 e. The van der Waals surface area contributed by atoms with Crippen LogP contribution in [-0.2, 0) is 6.54 Å². The molecule has 0 bridgehead atoms. The molecule has 0 saturated heterocycles. The van der Waals surface area contributed by atoms with Gasteiger partial charge in [-0.2, -0.15) is 0 Å². The summed E-state index contributed by atoms with van der Waals surface area (Å²) in [5, 5.41) is 0. The van der Waals surface area contributed by atoms with Crippen LogP contribution in [0.3, 0.4) is 0 Å². The Bertz CT molecular complexity index is 275. The molecule has 0 heterocycles. The second-order valence-electron chi connectivity index (χ2n) is 3.35. The van der Waals surface area contributed by atoms with Crippen molar-refractivity contribution in [2.75, 3.05) is 18.8 Å². The molecular formula is C11H17FN2. The molecule has 1 rings (SSSR count). The molecule has 0 aliphatic rings. The molecule has 0 fully saturated rings. The summed E-state index contributed by atoms with van der Waals surface area (Å²) in [6, 6.07) is 4.70. The van der Waals surface area contributed by atoms with E-state index in [0.717, 1.165) is 25.2 Å². The molecule has 1 aromatic rings. The predicted octanol–water partition coefficient (Wildman–Crippen LogP) is 2.25. The average Bonchev–Trinajstić information content (AvgIpc) is 2.12. The monoisotopic (exact) mass is 196 g/mol. The largest absolute Gasteiger partial charge is 0.399 e. The van der Waals surface area contributed by atoms with Crippen molar-refractivity contribution in [3.8, 4) is 0 Å². The number of nitrogens with zero attached hydrogens (tertiary/aromatic N) is 1. The van der Waals surface area contributed by atoms with Crippen molar-refractivity contribution in [1.29, 1.82) is 0 Å². The molecule has 2 nitrogen and oxygen atoms in total. The van der Waals surface area contributed by atoms with Gasteiger partial charge in [0.05, 0.1) is 0 Å². The van der Waals surface area contributed by atoms with Crippen LogP contribution in [0.1, 0.15) is 19.4 Å². The number of nitrogens with two attached hydrogens (primary N) is 1. The highest BCUT2D eigenvalue weighted by Gasteiger charge is 2.03. The first-order chi connectivity index (χ1) is 6.65. The van der Waals surface area contributed by atoms with Crippen LogP contribution in [0.25, 0.3) is 0 Å². The summed E-state index contributed by atoms with van der Waals surface area (Å²) in [5.74, 6) is -0.257. The Balaban J connectivity index is 2.75. The van der Waals surface area contributed by atoms with Gasteiger partial charge >= 0.3 is 0 Å². The third-order valence-corrected chi connectivity index (χ3v) is 2.28. The van der Waals surface area contributed by atoms with Crippen LogP contribution in [0.5, 0.6) is 0 Å². The Kier molecular flexibility index (Phi) is 3.89. The number of hydrogen-bond donors (Lipinski definition) is 1. The Morgan fingerprint density at radius 2 is 1.86 bits per heavy atom. The van der Waals surface area contributed by atoms with Crippen LogP contribution >= 0.6 is 0 Å². The van der Waals surface area contributed by atoms with Gasteiger partial charge in [0, 0.05) is 12.2 Å². The molecule has 0 saturated carbocycles. The summed E-state index contributed by atoms with van der Waals surface area (Å²) in [7, 11) is 0. The van der Waals surface area contributed by atoms with E-state index in [0.29, 0.717) is 5.69 Å². The lowest BCUT2D eigenvalue weighted by Gasteiger charge is -2.18. The fourth-order valence-corrected chi connectivity index (χ4v) is 1.47. The maximum absolute atomic E-state index is 13.0. The second-order valence-corrected chi connectivity index (χ2v) is 3.35. The number of halogens is 1. The fraction of sp³-hybridized carbons (Fsp3) is 0.455. The van der Waals surface area contributed by atoms with Crippen LogP contribution in [-0.4, -0.2) is 18.0 Å². The molecule has 0 spiro atoms. The lowest BCUT2D eigenvalue weighted by Crippen LogP contribution is -2.22. The molecule has 0 atom stereocenters. The van der Waals surface area contributed by atoms with E-state index in [1.807, 2.05) is 6.07 Å². The molecule has 1 aromatic carbocycles. The zero-order valence-corrected chi connectivity index (χ0v) is 8.76. The lowest BCUT2D eigenvalue weighted by atomic mass is 10.2. The summed E-state index contributed by atoms with van der Waals surface area (Å²) in [5.41, 5.74) is 6.99. The van der Waals surface area contributed by atoms with Gasteiger partial charge in [-0.25, -0.2) is 4.39 Å². The van der Waals surface area contributed by atoms with Crippen LogP contribution in [0.15, 0.2) is 18.2 Å². The van der Waals surface area contributed by atoms with E-state index in [1.165, 1.54) is 12.1 Å². The Hall–Kier alpha value is -1.09. The molecule has 0 aliphatic heterocycles. The topological polar surface area (TPSA) is 29.3 Å². The van der Waals surface area contributed by atoms with Crippen molar-refractivity contribution >= 4 is 5.69 Å². The highest BCUT2D eigenvalue weighted by molar-refractivity contribution is 5.41. The highest BCUT2D eigenvalue weighted by Crippen LogP contribution is 2.12. The van der Waals surface area contributed by atoms with Crippen LogP contribution in [0.2, 0.25) is 0 Å². The van der Waals surface area contributed by atoms with Crippen molar-refractivity contribution in [2.24, 2.45) is 0 Å². The number of hydrogen-bond acceptors (Lipinski definition) is 2. The van der Waals surface area contributed by atoms with Gasteiger partial charge in [-0.05, 0) is 36.9 Å². The van der Waals surface area contributed by atoms with Gasteiger partial charge < -0.3 is 5.73 Å². The molecule has 0 unspecified atom stereocenters. The third-order valence-electron chi connectivity index (χ3n) is 2.28. The molecular weight excluding hydrogens is 179 g/mol. The van der Waals surface area contributed by atoms with E-state index >= 15 is 0 Å². The lowest BCUT2D eigenvalue weighted by molar-refractivity contribution is 0.295. The summed E-state index contributed by atoms with van der Waals surface area (Å²) >= 11 is 0. The summed E-state index contributed by atoms with van der Waals surface area (Å²) in [6.07, 6.45) is 0. The van der Waals surface area contributed by atoms with Crippen molar-refractivity contribution in [3.05, 3.63) is 29.6 Å². The average molecular weight is 196 g/mol. The molecule has 0 amide bonds. The van der Waals surface area contributed by atoms with Gasteiger partial charge in [0.15, 0.2) is 0 Å². The maximum atomic E-state index is 13.0. The molecule has 0 aromatic heterocycles. The summed E-state index contributed by atoms with van der Waals surface area (Å²) < 4.78 is 13.0. The zero-order chi connectivity index (χ0) is 10.6. The first-order valence-corrected chi connectivity index (χ1v) is 4.93. The fourth-order valence-electron chi connectivity index (χ4n) is 1.47. The second kappa shape index (κ2) is 4.96. The van der Waals surface area contributed by atoms with Crippen LogP contribution in [0, 0.1) is 5.82 Å². The third kappa shape index (κ3) is 3.00.